The molecule has 1 saturated carbocycles. The Labute approximate surface area is 80.5 Å². The number of carbonyl (C=O) groups is 1. The Bertz CT molecular complexity index is 251. The molecule has 0 radical (unpaired) electrons. The molecule has 80 valence electrons. The Morgan fingerprint density at radius 2 is 1.93 bits per heavy atom. The van der Waals surface area contributed by atoms with E-state index in [9.17, 15) is 18.7 Å². The normalized spacial score (nSPS) is 37.5. The van der Waals surface area contributed by atoms with Crippen LogP contribution in [0.1, 0.15) is 25.7 Å². The summed E-state index contributed by atoms with van der Waals surface area (Å²) in [5.74, 6) is -4.92. The highest BCUT2D eigenvalue weighted by Crippen LogP contribution is 2.36. The number of nitrogens with one attached hydrogen (secondary N) is 1. The summed E-state index contributed by atoms with van der Waals surface area (Å²) in [5, 5.41) is 11.5. The lowest BCUT2D eigenvalue weighted by Crippen LogP contribution is -2.40. The predicted octanol–water partition coefficient (Wildman–Crippen LogP) is 0.671. The number of hydrogen-bond acceptors (Lipinski definition) is 2. The average Bonchev–Trinajstić information content (AvgIpc) is 2.69. The van der Waals surface area contributed by atoms with E-state index in [0.29, 0.717) is 0 Å². The van der Waals surface area contributed by atoms with Gasteiger partial charge in [0.2, 0.25) is 0 Å². The van der Waals surface area contributed by atoms with Gasteiger partial charge in [0.25, 0.3) is 5.91 Å². The summed E-state index contributed by atoms with van der Waals surface area (Å²) in [6, 6.07) is -0.750. The maximum absolute atomic E-state index is 13.0. The van der Waals surface area contributed by atoms with Gasteiger partial charge < -0.3 is 10.4 Å². The molecule has 0 aromatic rings. The van der Waals surface area contributed by atoms with Crippen LogP contribution in [0.25, 0.3) is 0 Å². The molecule has 3 nitrogen and oxygen atoms in total. The molecule has 1 aliphatic carbocycles. The smallest absolute Gasteiger partial charge is 0.351 e. The molecule has 2 unspecified atom stereocenters. The maximum Gasteiger partial charge on any atom is 0.351 e. The highest BCUT2D eigenvalue weighted by atomic mass is 19.3. The van der Waals surface area contributed by atoms with E-state index in [-0.39, 0.29) is 5.92 Å². The molecule has 1 aliphatic heterocycles. The van der Waals surface area contributed by atoms with Crippen molar-refractivity contribution in [3.05, 3.63) is 0 Å². The van der Waals surface area contributed by atoms with Crippen molar-refractivity contribution in [2.75, 3.05) is 0 Å². The second kappa shape index (κ2) is 3.15. The van der Waals surface area contributed by atoms with E-state index in [0.717, 1.165) is 25.7 Å². The molecule has 1 saturated heterocycles. The third-order valence-electron chi connectivity index (χ3n) is 3.22. The van der Waals surface area contributed by atoms with E-state index in [1.54, 1.807) is 0 Å². The molecule has 2 aliphatic rings. The van der Waals surface area contributed by atoms with Crippen LogP contribution in [0.4, 0.5) is 8.78 Å². The number of halogens is 2. The van der Waals surface area contributed by atoms with Crippen LogP contribution in [0, 0.1) is 5.92 Å². The highest BCUT2D eigenvalue weighted by Gasteiger charge is 2.58. The third-order valence-corrected chi connectivity index (χ3v) is 3.22. The molecular weight excluding hydrogens is 192 g/mol. The molecule has 2 atom stereocenters. The Morgan fingerprint density at radius 3 is 2.36 bits per heavy atom. The monoisotopic (exact) mass is 205 g/mol. The number of amides is 1. The first kappa shape index (κ1) is 9.83. The Morgan fingerprint density at radius 1 is 1.36 bits per heavy atom. The first-order valence-corrected chi connectivity index (χ1v) is 4.90. The van der Waals surface area contributed by atoms with Crippen molar-refractivity contribution in [1.82, 2.24) is 5.32 Å². The van der Waals surface area contributed by atoms with Gasteiger partial charge in [0, 0.05) is 0 Å². The predicted molar refractivity (Wildman–Crippen MR) is 44.8 cm³/mol. The minimum Gasteiger partial charge on any atom is -0.384 e. The molecule has 2 fully saturated rings. The van der Waals surface area contributed by atoms with Crippen LogP contribution in [0.15, 0.2) is 0 Å². The van der Waals surface area contributed by atoms with Crippen molar-refractivity contribution >= 4 is 5.91 Å². The quantitative estimate of drug-likeness (QED) is 0.661. The van der Waals surface area contributed by atoms with E-state index >= 15 is 0 Å². The summed E-state index contributed by atoms with van der Waals surface area (Å²) >= 11 is 0. The van der Waals surface area contributed by atoms with Gasteiger partial charge >= 0.3 is 5.92 Å². The van der Waals surface area contributed by atoms with Crippen molar-refractivity contribution in [2.24, 2.45) is 5.92 Å². The van der Waals surface area contributed by atoms with Crippen LogP contribution in [0.5, 0.6) is 0 Å². The lowest BCUT2D eigenvalue weighted by molar-refractivity contribution is -0.151. The van der Waals surface area contributed by atoms with Gasteiger partial charge in [-0.15, -0.1) is 0 Å². The van der Waals surface area contributed by atoms with Gasteiger partial charge in [0.05, 0.1) is 6.04 Å². The topological polar surface area (TPSA) is 49.3 Å². The number of carbonyl (C=O) groups excluding carboxylic acids is 1. The van der Waals surface area contributed by atoms with Crippen LogP contribution < -0.4 is 5.32 Å². The van der Waals surface area contributed by atoms with Crippen LogP contribution in [-0.4, -0.2) is 29.1 Å². The van der Waals surface area contributed by atoms with Crippen LogP contribution >= 0.6 is 0 Å². The summed E-state index contributed by atoms with van der Waals surface area (Å²) in [4.78, 5) is 10.9. The molecule has 2 rings (SSSR count). The lowest BCUT2D eigenvalue weighted by atomic mass is 9.94. The van der Waals surface area contributed by atoms with Crippen molar-refractivity contribution < 1.29 is 18.7 Å². The molecule has 2 N–H and O–H groups in total. The SMILES string of the molecule is O=C1NC(C2CCCC2)C(O)C1(F)F. The number of aliphatic hydroxyl groups is 1. The lowest BCUT2D eigenvalue weighted by Gasteiger charge is -2.21. The summed E-state index contributed by atoms with van der Waals surface area (Å²) in [6.45, 7) is 0. The van der Waals surface area contributed by atoms with Gasteiger partial charge in [0.15, 0.2) is 0 Å². The molecule has 0 spiro atoms. The minimum atomic E-state index is -3.60. The zero-order valence-electron chi connectivity index (χ0n) is 7.67. The van der Waals surface area contributed by atoms with E-state index in [1.165, 1.54) is 0 Å². The van der Waals surface area contributed by atoms with Crippen LogP contribution in [0.2, 0.25) is 0 Å². The molecular formula is C9H13F2NO2. The Balaban J connectivity index is 2.12. The van der Waals surface area contributed by atoms with E-state index < -0.39 is 24.0 Å². The minimum absolute atomic E-state index is 0.0160. The first-order valence-electron chi connectivity index (χ1n) is 4.90. The van der Waals surface area contributed by atoms with Gasteiger partial charge in [0.1, 0.15) is 6.10 Å². The van der Waals surface area contributed by atoms with Gasteiger partial charge in [-0.1, -0.05) is 12.8 Å². The van der Waals surface area contributed by atoms with Crippen molar-refractivity contribution in [2.45, 2.75) is 43.8 Å². The number of alkyl halides is 2. The molecule has 1 heterocycles. The second-order valence-corrected chi connectivity index (χ2v) is 4.11. The van der Waals surface area contributed by atoms with Gasteiger partial charge in [-0.2, -0.15) is 8.78 Å². The molecule has 5 heteroatoms. The maximum atomic E-state index is 13.0. The highest BCUT2D eigenvalue weighted by molar-refractivity contribution is 5.87. The zero-order chi connectivity index (χ0) is 10.3. The molecule has 0 bridgehead atoms. The molecule has 1 amide bonds. The second-order valence-electron chi connectivity index (χ2n) is 4.11. The Hall–Kier alpha value is -0.710. The number of rotatable bonds is 1. The standard InChI is InChI=1S/C9H13F2NO2/c10-9(11)7(13)6(12-8(9)14)5-3-1-2-4-5/h5-7,13H,1-4H2,(H,12,14). The fourth-order valence-corrected chi connectivity index (χ4v) is 2.38. The number of hydrogen-bond donors (Lipinski definition) is 2. The van der Waals surface area contributed by atoms with E-state index in [2.05, 4.69) is 5.32 Å². The summed E-state index contributed by atoms with van der Waals surface area (Å²) in [5.41, 5.74) is 0. The molecule has 14 heavy (non-hydrogen) atoms. The van der Waals surface area contributed by atoms with Crippen LogP contribution in [-0.2, 0) is 4.79 Å². The van der Waals surface area contributed by atoms with E-state index in [1.807, 2.05) is 0 Å². The largest absolute Gasteiger partial charge is 0.384 e. The van der Waals surface area contributed by atoms with Crippen molar-refractivity contribution in [3.63, 3.8) is 0 Å². The van der Waals surface area contributed by atoms with Gasteiger partial charge in [-0.3, -0.25) is 4.79 Å². The fourth-order valence-electron chi connectivity index (χ4n) is 2.38. The molecule has 0 aromatic carbocycles. The third kappa shape index (κ3) is 1.30. The summed E-state index contributed by atoms with van der Waals surface area (Å²) in [6.07, 6.45) is 1.78. The summed E-state index contributed by atoms with van der Waals surface area (Å²) in [7, 11) is 0. The Kier molecular flexibility index (Phi) is 2.21. The van der Waals surface area contributed by atoms with Crippen LogP contribution in [0.3, 0.4) is 0 Å². The average molecular weight is 205 g/mol. The van der Waals surface area contributed by atoms with Crippen molar-refractivity contribution in [1.29, 1.82) is 0 Å². The van der Waals surface area contributed by atoms with E-state index in [4.69, 9.17) is 0 Å². The van der Waals surface area contributed by atoms with Crippen molar-refractivity contribution in [3.8, 4) is 0 Å². The number of aliphatic hydroxyl groups excluding tert-OH is 1. The van der Waals surface area contributed by atoms with Gasteiger partial charge in [-0.05, 0) is 18.8 Å². The molecule has 0 aromatic heterocycles. The summed E-state index contributed by atoms with van der Waals surface area (Å²) < 4.78 is 25.9. The first-order chi connectivity index (χ1) is 6.53. The van der Waals surface area contributed by atoms with Gasteiger partial charge in [-0.25, -0.2) is 0 Å². The fraction of sp³-hybridized carbons (Fsp3) is 0.889. The zero-order valence-corrected chi connectivity index (χ0v) is 7.67.